The fraction of sp³-hybridized carbons (Fsp3) is 0.0952. The molecule has 2 heterocycles. The fourth-order valence-electron chi connectivity index (χ4n) is 2.97. The Labute approximate surface area is 155 Å². The highest BCUT2D eigenvalue weighted by atomic mass is 19.1. The summed E-state index contributed by atoms with van der Waals surface area (Å²) in [4.78, 5) is 21.6. The second kappa shape index (κ2) is 6.99. The number of halogens is 1. The molecule has 0 aliphatic heterocycles. The SMILES string of the molecule is Cn1c(=O)c(Cc2ccc(F)cc2)cc2cnc(Nc3ccccc3)nc21. The second-order valence-electron chi connectivity index (χ2n) is 6.30. The van der Waals surface area contributed by atoms with E-state index in [9.17, 15) is 9.18 Å². The van der Waals surface area contributed by atoms with Crippen LogP contribution in [0, 0.1) is 5.82 Å². The van der Waals surface area contributed by atoms with Gasteiger partial charge in [-0.05, 0) is 35.9 Å². The predicted molar refractivity (Wildman–Crippen MR) is 104 cm³/mol. The van der Waals surface area contributed by atoms with Gasteiger partial charge in [0.2, 0.25) is 5.95 Å². The third-order valence-corrected chi connectivity index (χ3v) is 4.36. The summed E-state index contributed by atoms with van der Waals surface area (Å²) in [6.07, 6.45) is 2.12. The Hall–Kier alpha value is -3.54. The topological polar surface area (TPSA) is 59.8 Å². The molecule has 0 saturated heterocycles. The number of nitrogens with one attached hydrogen (secondary N) is 1. The highest BCUT2D eigenvalue weighted by Gasteiger charge is 2.10. The number of hydrogen-bond acceptors (Lipinski definition) is 4. The summed E-state index contributed by atoms with van der Waals surface area (Å²) in [7, 11) is 1.69. The van der Waals surface area contributed by atoms with Gasteiger partial charge in [0.15, 0.2) is 0 Å². The molecule has 0 unspecified atom stereocenters. The van der Waals surface area contributed by atoms with Crippen LogP contribution >= 0.6 is 0 Å². The molecule has 2 aromatic carbocycles. The van der Waals surface area contributed by atoms with Gasteiger partial charge < -0.3 is 5.32 Å². The van der Waals surface area contributed by atoms with Crippen molar-refractivity contribution in [2.75, 3.05) is 5.32 Å². The Balaban J connectivity index is 1.70. The number of aryl methyl sites for hydroxylation is 1. The van der Waals surface area contributed by atoms with E-state index in [2.05, 4.69) is 15.3 Å². The number of pyridine rings is 1. The van der Waals surface area contributed by atoms with Gasteiger partial charge in [-0.1, -0.05) is 30.3 Å². The molecule has 5 nitrogen and oxygen atoms in total. The number of anilines is 2. The Morgan fingerprint density at radius 1 is 1.07 bits per heavy atom. The number of benzene rings is 2. The standard InChI is InChI=1S/C21H17FN4O/c1-26-19-16(13-23-21(25-19)24-18-5-3-2-4-6-18)12-15(20(26)27)11-14-7-9-17(22)10-8-14/h2-10,12-13H,11H2,1H3,(H,23,24,25). The van der Waals surface area contributed by atoms with Crippen LogP contribution in [0.5, 0.6) is 0 Å². The van der Waals surface area contributed by atoms with E-state index in [1.807, 2.05) is 30.3 Å². The van der Waals surface area contributed by atoms with E-state index in [0.29, 0.717) is 23.6 Å². The minimum Gasteiger partial charge on any atom is -0.324 e. The first-order valence-corrected chi connectivity index (χ1v) is 8.52. The maximum absolute atomic E-state index is 13.1. The lowest BCUT2D eigenvalue weighted by Crippen LogP contribution is -2.22. The first-order valence-electron chi connectivity index (χ1n) is 8.52. The van der Waals surface area contributed by atoms with Gasteiger partial charge in [0, 0.05) is 36.3 Å². The van der Waals surface area contributed by atoms with E-state index in [4.69, 9.17) is 0 Å². The van der Waals surface area contributed by atoms with Gasteiger partial charge in [0.25, 0.3) is 5.56 Å². The molecule has 2 aromatic heterocycles. The number of hydrogen-bond donors (Lipinski definition) is 1. The van der Waals surface area contributed by atoms with E-state index >= 15 is 0 Å². The lowest BCUT2D eigenvalue weighted by molar-refractivity contribution is 0.627. The average molecular weight is 360 g/mol. The van der Waals surface area contributed by atoms with Gasteiger partial charge in [-0.15, -0.1) is 0 Å². The van der Waals surface area contributed by atoms with Crippen molar-refractivity contribution in [2.45, 2.75) is 6.42 Å². The molecule has 0 fully saturated rings. The molecule has 4 aromatic rings. The largest absolute Gasteiger partial charge is 0.324 e. The monoisotopic (exact) mass is 360 g/mol. The van der Waals surface area contributed by atoms with Crippen LogP contribution in [0.1, 0.15) is 11.1 Å². The summed E-state index contributed by atoms with van der Waals surface area (Å²) >= 11 is 0. The first-order chi connectivity index (χ1) is 13.1. The Morgan fingerprint density at radius 2 is 1.81 bits per heavy atom. The molecule has 0 aliphatic rings. The van der Waals surface area contributed by atoms with Crippen molar-refractivity contribution in [3.63, 3.8) is 0 Å². The Bertz CT molecular complexity index is 1150. The normalized spacial score (nSPS) is 10.9. The molecule has 0 radical (unpaired) electrons. The van der Waals surface area contributed by atoms with Crippen LogP contribution in [0.3, 0.4) is 0 Å². The molecule has 0 bridgehead atoms. The van der Waals surface area contributed by atoms with Crippen LogP contribution in [-0.4, -0.2) is 14.5 Å². The zero-order chi connectivity index (χ0) is 18.8. The number of para-hydroxylation sites is 1. The summed E-state index contributed by atoms with van der Waals surface area (Å²) < 4.78 is 14.6. The number of nitrogens with zero attached hydrogens (tertiary/aromatic N) is 3. The van der Waals surface area contributed by atoms with Crippen molar-refractivity contribution in [3.05, 3.63) is 94.2 Å². The third-order valence-electron chi connectivity index (χ3n) is 4.36. The number of aromatic nitrogens is 3. The van der Waals surface area contributed by atoms with Crippen LogP contribution < -0.4 is 10.9 Å². The van der Waals surface area contributed by atoms with Crippen molar-refractivity contribution in [2.24, 2.45) is 7.05 Å². The highest BCUT2D eigenvalue weighted by molar-refractivity contribution is 5.76. The summed E-state index contributed by atoms with van der Waals surface area (Å²) in [5.41, 5.74) is 2.78. The molecule has 0 aliphatic carbocycles. The number of fused-ring (bicyclic) bond motifs is 1. The van der Waals surface area contributed by atoms with Gasteiger partial charge in [0.05, 0.1) is 0 Å². The maximum atomic E-state index is 13.1. The van der Waals surface area contributed by atoms with Crippen LogP contribution in [0.4, 0.5) is 16.0 Å². The Morgan fingerprint density at radius 3 is 2.56 bits per heavy atom. The molecule has 0 atom stereocenters. The summed E-state index contributed by atoms with van der Waals surface area (Å²) in [5, 5.41) is 3.90. The van der Waals surface area contributed by atoms with Gasteiger partial charge >= 0.3 is 0 Å². The van der Waals surface area contributed by atoms with E-state index in [1.165, 1.54) is 16.7 Å². The van der Waals surface area contributed by atoms with Crippen LogP contribution in [-0.2, 0) is 13.5 Å². The minimum absolute atomic E-state index is 0.129. The molecule has 4 rings (SSSR count). The van der Waals surface area contributed by atoms with E-state index in [-0.39, 0.29) is 11.4 Å². The summed E-state index contributed by atoms with van der Waals surface area (Å²) in [6, 6.07) is 17.5. The zero-order valence-electron chi connectivity index (χ0n) is 14.7. The molecule has 0 spiro atoms. The van der Waals surface area contributed by atoms with Gasteiger partial charge in [-0.3, -0.25) is 9.36 Å². The lowest BCUT2D eigenvalue weighted by Gasteiger charge is -2.10. The van der Waals surface area contributed by atoms with E-state index < -0.39 is 0 Å². The van der Waals surface area contributed by atoms with Gasteiger partial charge in [-0.25, -0.2) is 9.37 Å². The highest BCUT2D eigenvalue weighted by Crippen LogP contribution is 2.17. The van der Waals surface area contributed by atoms with Crippen molar-refractivity contribution in [3.8, 4) is 0 Å². The molecule has 134 valence electrons. The maximum Gasteiger partial charge on any atom is 0.255 e. The van der Waals surface area contributed by atoms with Crippen LogP contribution in [0.2, 0.25) is 0 Å². The molecule has 27 heavy (non-hydrogen) atoms. The molecule has 0 amide bonds. The predicted octanol–water partition coefficient (Wildman–Crippen LogP) is 3.80. The molecule has 1 N–H and O–H groups in total. The quantitative estimate of drug-likeness (QED) is 0.601. The van der Waals surface area contributed by atoms with Crippen LogP contribution in [0.25, 0.3) is 11.0 Å². The van der Waals surface area contributed by atoms with Crippen molar-refractivity contribution in [1.29, 1.82) is 0 Å². The summed E-state index contributed by atoms with van der Waals surface area (Å²) in [5.74, 6) is 0.131. The lowest BCUT2D eigenvalue weighted by atomic mass is 10.1. The van der Waals surface area contributed by atoms with Crippen molar-refractivity contribution in [1.82, 2.24) is 14.5 Å². The molecule has 6 heteroatoms. The Kier molecular flexibility index (Phi) is 4.38. The average Bonchev–Trinajstić information content (AvgIpc) is 2.69. The smallest absolute Gasteiger partial charge is 0.255 e. The van der Waals surface area contributed by atoms with Gasteiger partial charge in [0.1, 0.15) is 11.5 Å². The molecular formula is C21H17FN4O. The zero-order valence-corrected chi connectivity index (χ0v) is 14.7. The molecular weight excluding hydrogens is 343 g/mol. The van der Waals surface area contributed by atoms with Crippen molar-refractivity contribution >= 4 is 22.7 Å². The molecule has 0 saturated carbocycles. The first kappa shape index (κ1) is 16.9. The van der Waals surface area contributed by atoms with E-state index in [1.54, 1.807) is 31.4 Å². The fourth-order valence-corrected chi connectivity index (χ4v) is 2.97. The van der Waals surface area contributed by atoms with Gasteiger partial charge in [-0.2, -0.15) is 4.98 Å². The number of rotatable bonds is 4. The van der Waals surface area contributed by atoms with Crippen molar-refractivity contribution < 1.29 is 4.39 Å². The third kappa shape index (κ3) is 3.55. The summed E-state index contributed by atoms with van der Waals surface area (Å²) in [6.45, 7) is 0. The second-order valence-corrected chi connectivity index (χ2v) is 6.30. The minimum atomic E-state index is -0.294. The van der Waals surface area contributed by atoms with E-state index in [0.717, 1.165) is 16.6 Å². The van der Waals surface area contributed by atoms with Crippen LogP contribution in [0.15, 0.2) is 71.7 Å².